The van der Waals surface area contributed by atoms with Crippen LogP contribution in [0.3, 0.4) is 0 Å². The smallest absolute Gasteiger partial charge is 0.426 e. The molecule has 0 radical (unpaired) electrons. The average molecular weight is 452 g/mol. The highest BCUT2D eigenvalue weighted by Gasteiger charge is 2.16. The van der Waals surface area contributed by atoms with Gasteiger partial charge in [-0.1, -0.05) is 12.1 Å². The molecule has 2 rings (SSSR count). The van der Waals surface area contributed by atoms with Crippen LogP contribution in [-0.4, -0.2) is 28.6 Å². The van der Waals surface area contributed by atoms with Crippen LogP contribution < -0.4 is 21.5 Å². The fraction of sp³-hybridized carbons (Fsp3) is 0.400. The standard InChI is InChI=1S/C20H26FN5O4S/c1-12(27)23-18-24-15(11-31-18)8-6-13-5-7-14(16(21)9-13)10-22-17(28)25-26-19(29)30-20(2,3)4/h5,7,9,11H,6,8,10H2,1-4H3,(H,26,29)(H2,22,25,28)(H,23,24,27). The Labute approximate surface area is 183 Å². The largest absolute Gasteiger partial charge is 0.443 e. The van der Waals surface area contributed by atoms with Crippen LogP contribution in [0.25, 0.3) is 0 Å². The molecule has 0 fully saturated rings. The lowest BCUT2D eigenvalue weighted by Gasteiger charge is -2.19. The predicted octanol–water partition coefficient (Wildman–Crippen LogP) is 3.26. The third-order valence-corrected chi connectivity index (χ3v) is 4.54. The molecule has 4 amide bonds. The molecule has 0 bridgehead atoms. The molecule has 0 spiro atoms. The summed E-state index contributed by atoms with van der Waals surface area (Å²) < 4.78 is 19.3. The van der Waals surface area contributed by atoms with Gasteiger partial charge in [-0.15, -0.1) is 11.3 Å². The summed E-state index contributed by atoms with van der Waals surface area (Å²) in [7, 11) is 0. The number of hydrazine groups is 1. The van der Waals surface area contributed by atoms with Crippen LogP contribution in [-0.2, 0) is 28.9 Å². The monoisotopic (exact) mass is 451 g/mol. The maximum absolute atomic E-state index is 14.4. The summed E-state index contributed by atoms with van der Waals surface area (Å²) in [6.07, 6.45) is 0.377. The SMILES string of the molecule is CC(=O)Nc1nc(CCc2ccc(CNC(=O)NNC(=O)OC(C)(C)C)c(F)c2)cs1. The van der Waals surface area contributed by atoms with Crippen molar-refractivity contribution in [3.63, 3.8) is 0 Å². The van der Waals surface area contributed by atoms with Crippen LogP contribution in [0.1, 0.15) is 44.5 Å². The van der Waals surface area contributed by atoms with Crippen LogP contribution in [0.2, 0.25) is 0 Å². The molecule has 0 aliphatic heterocycles. The van der Waals surface area contributed by atoms with Gasteiger partial charge in [-0.25, -0.2) is 29.8 Å². The second kappa shape index (κ2) is 10.7. The van der Waals surface area contributed by atoms with Gasteiger partial charge >= 0.3 is 12.1 Å². The van der Waals surface area contributed by atoms with E-state index in [2.05, 4.69) is 26.5 Å². The Morgan fingerprint density at radius 3 is 2.55 bits per heavy atom. The molecular formula is C20H26FN5O4S. The number of nitrogens with zero attached hydrogens (tertiary/aromatic N) is 1. The minimum atomic E-state index is -0.803. The number of carbonyl (C=O) groups excluding carboxylic acids is 3. The van der Waals surface area contributed by atoms with E-state index < -0.39 is 23.5 Å². The van der Waals surface area contributed by atoms with Crippen molar-refractivity contribution < 1.29 is 23.5 Å². The summed E-state index contributed by atoms with van der Waals surface area (Å²) in [6.45, 7) is 6.44. The minimum Gasteiger partial charge on any atom is -0.443 e. The quantitative estimate of drug-likeness (QED) is 0.502. The molecule has 168 valence electrons. The summed E-state index contributed by atoms with van der Waals surface area (Å²) in [4.78, 5) is 38.6. The van der Waals surface area contributed by atoms with Crippen LogP contribution in [0.4, 0.5) is 19.1 Å². The van der Waals surface area contributed by atoms with Crippen molar-refractivity contribution in [3.05, 3.63) is 46.2 Å². The van der Waals surface area contributed by atoms with Gasteiger partial charge in [-0.3, -0.25) is 4.79 Å². The lowest BCUT2D eigenvalue weighted by atomic mass is 10.1. The zero-order valence-corrected chi connectivity index (χ0v) is 18.6. The topological polar surface area (TPSA) is 121 Å². The van der Waals surface area contributed by atoms with E-state index in [-0.39, 0.29) is 12.5 Å². The lowest BCUT2D eigenvalue weighted by molar-refractivity contribution is -0.114. The van der Waals surface area contributed by atoms with E-state index >= 15 is 0 Å². The Kier molecular flexibility index (Phi) is 8.31. The van der Waals surface area contributed by atoms with Gasteiger partial charge in [-0.2, -0.15) is 0 Å². The second-order valence-electron chi connectivity index (χ2n) is 7.69. The number of rotatable bonds is 6. The number of anilines is 1. The molecule has 0 unspecified atom stereocenters. The Bertz CT molecular complexity index is 942. The normalized spacial score (nSPS) is 10.9. The van der Waals surface area contributed by atoms with Crippen molar-refractivity contribution >= 4 is 34.5 Å². The zero-order valence-electron chi connectivity index (χ0n) is 17.8. The number of thiazole rings is 1. The number of nitrogens with one attached hydrogen (secondary N) is 4. The number of hydrogen-bond donors (Lipinski definition) is 4. The highest BCUT2D eigenvalue weighted by molar-refractivity contribution is 7.13. The van der Waals surface area contributed by atoms with Gasteiger partial charge in [0.25, 0.3) is 0 Å². The number of urea groups is 1. The van der Waals surface area contributed by atoms with E-state index in [9.17, 15) is 18.8 Å². The van der Waals surface area contributed by atoms with E-state index in [0.29, 0.717) is 23.5 Å². The fourth-order valence-corrected chi connectivity index (χ4v) is 3.21. The molecule has 1 aromatic heterocycles. The van der Waals surface area contributed by atoms with Gasteiger partial charge in [-0.05, 0) is 45.2 Å². The zero-order chi connectivity index (χ0) is 23.0. The number of amides is 4. The molecule has 0 saturated carbocycles. The van der Waals surface area contributed by atoms with E-state index in [1.54, 1.807) is 32.9 Å². The number of aryl methyl sites for hydroxylation is 2. The number of hydrogen-bond acceptors (Lipinski definition) is 6. The number of halogens is 1. The van der Waals surface area contributed by atoms with Crippen molar-refractivity contribution in [1.82, 2.24) is 21.2 Å². The molecule has 0 atom stereocenters. The van der Waals surface area contributed by atoms with E-state index in [1.165, 1.54) is 24.3 Å². The number of aromatic nitrogens is 1. The summed E-state index contributed by atoms with van der Waals surface area (Å²) >= 11 is 1.34. The first-order valence-electron chi connectivity index (χ1n) is 9.54. The van der Waals surface area contributed by atoms with Gasteiger partial charge in [0.1, 0.15) is 11.4 Å². The molecule has 0 aliphatic carbocycles. The van der Waals surface area contributed by atoms with Crippen molar-refractivity contribution in [1.29, 1.82) is 0 Å². The Morgan fingerprint density at radius 1 is 1.16 bits per heavy atom. The fourth-order valence-electron chi connectivity index (χ4n) is 2.42. The Hall–Kier alpha value is -3.21. The molecule has 1 heterocycles. The lowest BCUT2D eigenvalue weighted by Crippen LogP contribution is -2.48. The van der Waals surface area contributed by atoms with E-state index in [4.69, 9.17) is 4.74 Å². The van der Waals surface area contributed by atoms with Gasteiger partial charge in [0.15, 0.2) is 5.13 Å². The summed E-state index contributed by atoms with van der Waals surface area (Å²) in [5, 5.41) is 7.46. The average Bonchev–Trinajstić information content (AvgIpc) is 3.09. The molecule has 1 aromatic carbocycles. The van der Waals surface area contributed by atoms with Crippen molar-refractivity contribution in [2.75, 3.05) is 5.32 Å². The van der Waals surface area contributed by atoms with Crippen LogP contribution in [0, 0.1) is 5.82 Å². The van der Waals surface area contributed by atoms with Crippen molar-refractivity contribution in [3.8, 4) is 0 Å². The molecule has 0 aliphatic rings. The molecule has 11 heteroatoms. The van der Waals surface area contributed by atoms with Crippen molar-refractivity contribution in [2.45, 2.75) is 52.7 Å². The summed E-state index contributed by atoms with van der Waals surface area (Å²) in [6, 6.07) is 4.08. The van der Waals surface area contributed by atoms with Crippen LogP contribution in [0.15, 0.2) is 23.6 Å². The maximum atomic E-state index is 14.4. The van der Waals surface area contributed by atoms with E-state index in [1.807, 2.05) is 5.38 Å². The highest BCUT2D eigenvalue weighted by Crippen LogP contribution is 2.18. The van der Waals surface area contributed by atoms with E-state index in [0.717, 1.165) is 11.3 Å². The molecule has 2 aromatic rings. The van der Waals surface area contributed by atoms with Gasteiger partial charge in [0.2, 0.25) is 5.91 Å². The van der Waals surface area contributed by atoms with Crippen LogP contribution in [0.5, 0.6) is 0 Å². The molecule has 9 nitrogen and oxygen atoms in total. The molecule has 31 heavy (non-hydrogen) atoms. The Morgan fingerprint density at radius 2 is 1.90 bits per heavy atom. The molecular weight excluding hydrogens is 425 g/mol. The predicted molar refractivity (Wildman–Crippen MR) is 115 cm³/mol. The van der Waals surface area contributed by atoms with Crippen LogP contribution >= 0.6 is 11.3 Å². The van der Waals surface area contributed by atoms with Gasteiger partial charge in [0, 0.05) is 24.4 Å². The first-order valence-corrected chi connectivity index (χ1v) is 10.4. The number of benzene rings is 1. The number of carbonyl (C=O) groups is 3. The Balaban J connectivity index is 1.79. The minimum absolute atomic E-state index is 0.0554. The maximum Gasteiger partial charge on any atom is 0.426 e. The summed E-state index contributed by atoms with van der Waals surface area (Å²) in [5.74, 6) is -0.628. The highest BCUT2D eigenvalue weighted by atomic mass is 32.1. The third kappa shape index (κ3) is 8.99. The second-order valence-corrected chi connectivity index (χ2v) is 8.54. The first kappa shape index (κ1) is 24.1. The van der Waals surface area contributed by atoms with Gasteiger partial charge < -0.3 is 15.4 Å². The van der Waals surface area contributed by atoms with Crippen molar-refractivity contribution in [2.24, 2.45) is 0 Å². The summed E-state index contributed by atoms with van der Waals surface area (Å²) in [5.41, 5.74) is 5.43. The first-order chi connectivity index (χ1) is 14.5. The third-order valence-electron chi connectivity index (χ3n) is 3.74. The molecule has 0 saturated heterocycles. The number of ether oxygens (including phenoxy) is 1. The molecule has 4 N–H and O–H groups in total. The van der Waals surface area contributed by atoms with Gasteiger partial charge in [0.05, 0.1) is 5.69 Å².